The number of nitrogen functional groups attached to an aromatic ring is 1. The van der Waals surface area contributed by atoms with Crippen molar-refractivity contribution in [2.24, 2.45) is 0 Å². The van der Waals surface area contributed by atoms with E-state index < -0.39 is 6.17 Å². The summed E-state index contributed by atoms with van der Waals surface area (Å²) < 4.78 is 31.1. The van der Waals surface area contributed by atoms with Crippen LogP contribution >= 0.6 is 0 Å². The predicted molar refractivity (Wildman–Crippen MR) is 153 cm³/mol. The number of benzene rings is 2. The molecule has 2 atom stereocenters. The zero-order valence-corrected chi connectivity index (χ0v) is 22.4. The van der Waals surface area contributed by atoms with Gasteiger partial charge in [-0.25, -0.2) is 19.0 Å². The van der Waals surface area contributed by atoms with E-state index in [2.05, 4.69) is 30.8 Å². The van der Waals surface area contributed by atoms with Crippen molar-refractivity contribution >= 4 is 16.9 Å². The lowest BCUT2D eigenvalue weighted by Crippen LogP contribution is -2.63. The number of halogens is 1. The number of nitrogens with zero attached hydrogens (tertiary/aromatic N) is 6. The number of rotatable bonds is 7. The molecule has 3 fully saturated rings. The van der Waals surface area contributed by atoms with E-state index in [0.717, 1.165) is 80.1 Å². The number of aromatic nitrogens is 4. The van der Waals surface area contributed by atoms with Crippen LogP contribution in [0.1, 0.15) is 25.3 Å². The van der Waals surface area contributed by atoms with E-state index in [-0.39, 0.29) is 12.1 Å². The van der Waals surface area contributed by atoms with Gasteiger partial charge < -0.3 is 15.8 Å². The fourth-order valence-corrected chi connectivity index (χ4v) is 6.39. The second-order valence-electron chi connectivity index (χ2n) is 11.1. The summed E-state index contributed by atoms with van der Waals surface area (Å²) in [4.78, 5) is 13.6. The average Bonchev–Trinajstić information content (AvgIpc) is 3.38. The first-order valence-electron chi connectivity index (χ1n) is 14.7. The Morgan fingerprint density at radius 2 is 1.65 bits per heavy atom. The van der Waals surface area contributed by atoms with Crippen molar-refractivity contribution in [3.63, 3.8) is 0 Å². The Bertz CT molecular complexity index is 1470. The van der Waals surface area contributed by atoms with Gasteiger partial charge >= 0.3 is 0 Å². The van der Waals surface area contributed by atoms with Gasteiger partial charge in [-0.2, -0.15) is 5.10 Å². The summed E-state index contributed by atoms with van der Waals surface area (Å²) in [5, 5.41) is 9.07. The minimum Gasteiger partial charge on any atom is -0.457 e. The van der Waals surface area contributed by atoms with Crippen molar-refractivity contribution in [1.29, 1.82) is 0 Å². The molecule has 0 radical (unpaired) electrons. The van der Waals surface area contributed by atoms with Gasteiger partial charge in [0.15, 0.2) is 7.06 Å². The van der Waals surface area contributed by atoms with E-state index >= 15 is 4.39 Å². The van der Waals surface area contributed by atoms with Gasteiger partial charge in [0.1, 0.15) is 35.5 Å². The van der Waals surface area contributed by atoms with Gasteiger partial charge in [-0.1, -0.05) is 18.2 Å². The highest BCUT2D eigenvalue weighted by molar-refractivity contribution is 5.98. The molecule has 3 saturated heterocycles. The zero-order valence-electron chi connectivity index (χ0n) is 23.4. The molecule has 208 valence electrons. The van der Waals surface area contributed by atoms with Gasteiger partial charge in [0.2, 0.25) is 0 Å². The fourth-order valence-electron chi connectivity index (χ4n) is 6.39. The number of ether oxygens (including phenoxy) is 1. The summed E-state index contributed by atoms with van der Waals surface area (Å²) in [6.45, 7) is 5.14. The maximum atomic E-state index is 15.3. The molecule has 0 aliphatic carbocycles. The Hall–Kier alpha value is -3.60. The second kappa shape index (κ2) is 10.8. The molecule has 0 saturated carbocycles. The third kappa shape index (κ3) is 4.80. The summed E-state index contributed by atoms with van der Waals surface area (Å²) in [6.07, 6.45) is 3.28. The quantitative estimate of drug-likeness (QED) is 0.363. The Morgan fingerprint density at radius 1 is 0.900 bits per heavy atom. The van der Waals surface area contributed by atoms with Crippen LogP contribution in [0.25, 0.3) is 22.3 Å². The first kappa shape index (κ1) is 24.2. The summed E-state index contributed by atoms with van der Waals surface area (Å²) in [5.41, 5.74) is 4.81. The van der Waals surface area contributed by atoms with Crippen LogP contribution in [0.4, 0.5) is 10.2 Å². The molecule has 5 heterocycles. The van der Waals surface area contributed by atoms with Gasteiger partial charge in [0.05, 0.1) is 11.4 Å². The maximum absolute atomic E-state index is 15.3. The number of nitrogens with one attached hydrogen (secondary N) is 1. The summed E-state index contributed by atoms with van der Waals surface area (Å²) >= 11 is 0. The lowest BCUT2D eigenvalue weighted by Gasteiger charge is -2.47. The molecule has 2 unspecified atom stereocenters. The van der Waals surface area contributed by atoms with Gasteiger partial charge in [-0.15, -0.1) is 0 Å². The largest absolute Gasteiger partial charge is 0.457 e. The first-order chi connectivity index (χ1) is 20.2. The summed E-state index contributed by atoms with van der Waals surface area (Å²) in [7, 11) is 0. The van der Waals surface area contributed by atoms with Crippen LogP contribution in [0.5, 0.6) is 11.5 Å². The standard InChI is InChI=1S/C30H35FN8O/c31-25-18-38(22-16-33-17-22)15-12-26(25)37-13-10-21(11-14-37)39-30-27(29(32)34-19-35-30)28(36-39)20-6-8-24(9-7-20)40-23-4-2-1-3-5-23/h1-9,19,21-22,25-26,33H,10-18H2,(H2,32,34,35)/i/hD. The van der Waals surface area contributed by atoms with Gasteiger partial charge in [-0.05, 0) is 55.7 Å². The third-order valence-electron chi connectivity index (χ3n) is 8.72. The molecule has 0 amide bonds. The highest BCUT2D eigenvalue weighted by Gasteiger charge is 2.38. The lowest BCUT2D eigenvalue weighted by molar-refractivity contribution is -0.00460. The molecule has 3 N–H and O–H groups in total. The number of anilines is 1. The van der Waals surface area contributed by atoms with Crippen molar-refractivity contribution in [3.05, 3.63) is 60.9 Å². The molecule has 0 spiro atoms. The highest BCUT2D eigenvalue weighted by atomic mass is 19.1. The lowest BCUT2D eigenvalue weighted by atomic mass is 9.95. The van der Waals surface area contributed by atoms with Crippen LogP contribution in [-0.2, 0) is 0 Å². The minimum absolute atomic E-state index is 0.0109. The number of alkyl halides is 1. The highest BCUT2D eigenvalue weighted by Crippen LogP contribution is 2.36. The fraction of sp³-hybridized carbons (Fsp3) is 0.433. The smallest absolute Gasteiger partial charge is 0.164 e. The van der Waals surface area contributed by atoms with Crippen molar-refractivity contribution in [2.45, 2.75) is 43.6 Å². The van der Waals surface area contributed by atoms with E-state index in [4.69, 9.17) is 11.2 Å². The molecule has 4 aromatic rings. The van der Waals surface area contributed by atoms with Crippen LogP contribution in [-0.4, -0.2) is 87.1 Å². The summed E-state index contributed by atoms with van der Waals surface area (Å²) in [5.74, 6) is 1.93. The van der Waals surface area contributed by atoms with E-state index in [1.165, 1.54) is 6.33 Å². The van der Waals surface area contributed by atoms with E-state index in [1.807, 2.05) is 59.3 Å². The topological polar surface area (TPSA) is 97.4 Å². The molecular formula is C30H35FN8O. The van der Waals surface area contributed by atoms with Crippen LogP contribution in [0.2, 0.25) is 1.41 Å². The van der Waals surface area contributed by atoms with Crippen LogP contribution in [0.15, 0.2) is 60.9 Å². The monoisotopic (exact) mass is 543 g/mol. The Kier molecular flexibility index (Phi) is 6.51. The number of hydrogen-bond acceptors (Lipinski definition) is 8. The number of likely N-dealkylation sites (tertiary alicyclic amines) is 2. The molecular weight excluding hydrogens is 507 g/mol. The Balaban J connectivity index is 1.09. The van der Waals surface area contributed by atoms with Crippen molar-refractivity contribution in [3.8, 4) is 22.8 Å². The molecule has 3 aliphatic rings. The number of hydrogen-bond donors (Lipinski definition) is 2. The van der Waals surface area contributed by atoms with Crippen molar-refractivity contribution in [2.75, 3.05) is 45.0 Å². The molecule has 2 aromatic heterocycles. The first-order valence-corrected chi connectivity index (χ1v) is 14.2. The third-order valence-corrected chi connectivity index (χ3v) is 8.72. The summed E-state index contributed by atoms with van der Waals surface area (Å²) in [6, 6.07) is 18.1. The van der Waals surface area contributed by atoms with Gasteiger partial charge in [0, 0.05) is 56.9 Å². The molecule has 2 aromatic carbocycles. The molecule has 7 rings (SSSR count). The molecule has 3 aliphatic heterocycles. The minimum atomic E-state index is -0.815. The van der Waals surface area contributed by atoms with Gasteiger partial charge in [-0.3, -0.25) is 9.80 Å². The van der Waals surface area contributed by atoms with Crippen molar-refractivity contribution in [1.82, 2.24) is 34.9 Å². The Morgan fingerprint density at radius 3 is 2.35 bits per heavy atom. The van der Waals surface area contributed by atoms with E-state index in [1.54, 1.807) is 0 Å². The van der Waals surface area contributed by atoms with E-state index in [9.17, 15) is 0 Å². The number of piperidine rings is 2. The van der Waals surface area contributed by atoms with Gasteiger partial charge in [0.25, 0.3) is 0 Å². The number of nitrogens with two attached hydrogens (primary N) is 1. The Labute approximate surface area is 234 Å². The average molecular weight is 544 g/mol. The SMILES string of the molecule is [2H]Nc1ncnc2c1c(-c1ccc(Oc3ccccc3)cc1)nn2C1CCN(C2CCN(C3CNC3)CC2F)CC1. The van der Waals surface area contributed by atoms with Crippen LogP contribution in [0.3, 0.4) is 0 Å². The second-order valence-corrected chi connectivity index (χ2v) is 11.1. The molecule has 0 bridgehead atoms. The number of para-hydroxylation sites is 1. The predicted octanol–water partition coefficient (Wildman–Crippen LogP) is 3.89. The van der Waals surface area contributed by atoms with Crippen LogP contribution < -0.4 is 15.8 Å². The number of fused-ring (bicyclic) bond motifs is 1. The van der Waals surface area contributed by atoms with E-state index in [0.29, 0.717) is 24.1 Å². The molecule has 9 nitrogen and oxygen atoms in total. The maximum Gasteiger partial charge on any atom is 0.164 e. The van der Waals surface area contributed by atoms with Crippen molar-refractivity contribution < 1.29 is 10.5 Å². The molecule has 10 heteroatoms. The zero-order chi connectivity index (χ0) is 27.8. The van der Waals surface area contributed by atoms with Crippen LogP contribution in [0, 0.1) is 0 Å². The molecule has 40 heavy (non-hydrogen) atoms. The normalized spacial score (nSPS) is 23.6.